The van der Waals surface area contributed by atoms with Gasteiger partial charge in [0.2, 0.25) is 5.91 Å². The largest absolute Gasteiger partial charge is 0.459 e. The number of carbonyl (C=O) groups excluding carboxylic acids is 2. The minimum Gasteiger partial charge on any atom is -0.459 e. The third-order valence-corrected chi connectivity index (χ3v) is 4.14. The topological polar surface area (TPSA) is 71.3 Å². The maximum Gasteiger partial charge on any atom is 0.291 e. The molecule has 5 nitrogen and oxygen atoms in total. The summed E-state index contributed by atoms with van der Waals surface area (Å²) < 4.78 is 5.08. The van der Waals surface area contributed by atoms with E-state index in [2.05, 4.69) is 16.7 Å². The fourth-order valence-corrected chi connectivity index (χ4v) is 2.77. The lowest BCUT2D eigenvalue weighted by atomic mass is 10.1. The summed E-state index contributed by atoms with van der Waals surface area (Å²) in [4.78, 5) is 24.1. The molecule has 0 aliphatic rings. The predicted octanol–water partition coefficient (Wildman–Crippen LogP) is 4.09. The molecule has 1 heterocycles. The number of amides is 2. The summed E-state index contributed by atoms with van der Waals surface area (Å²) in [6.07, 6.45) is 2.61. The standard InChI is InChI=1S/C22H22N2O3/c1-16-5-2-6-17(13-16)10-11-21(25)23-15-18-7-3-8-19(14-18)24-22(26)20-9-4-12-27-20/h2-9,12-14H,10-11,15H2,1H3,(H,23,25)(H,24,26). The van der Waals surface area contributed by atoms with Gasteiger partial charge < -0.3 is 15.1 Å². The van der Waals surface area contributed by atoms with Gasteiger partial charge >= 0.3 is 0 Å². The molecule has 0 saturated heterocycles. The fraction of sp³-hybridized carbons (Fsp3) is 0.182. The minimum atomic E-state index is -0.306. The molecule has 138 valence electrons. The molecule has 3 aromatic rings. The van der Waals surface area contributed by atoms with Gasteiger partial charge in [0, 0.05) is 18.7 Å². The van der Waals surface area contributed by atoms with E-state index in [4.69, 9.17) is 4.42 Å². The van der Waals surface area contributed by atoms with Gasteiger partial charge in [-0.25, -0.2) is 0 Å². The first-order chi connectivity index (χ1) is 13.1. The van der Waals surface area contributed by atoms with Crippen LogP contribution < -0.4 is 10.6 Å². The second-order valence-corrected chi connectivity index (χ2v) is 6.40. The van der Waals surface area contributed by atoms with Crippen LogP contribution in [0.1, 0.15) is 33.7 Å². The van der Waals surface area contributed by atoms with E-state index in [1.165, 1.54) is 11.8 Å². The van der Waals surface area contributed by atoms with Crippen molar-refractivity contribution < 1.29 is 14.0 Å². The van der Waals surface area contributed by atoms with Crippen LogP contribution in [0.5, 0.6) is 0 Å². The van der Waals surface area contributed by atoms with Crippen LogP contribution in [-0.4, -0.2) is 11.8 Å². The highest BCUT2D eigenvalue weighted by atomic mass is 16.3. The van der Waals surface area contributed by atoms with Crippen LogP contribution in [0.2, 0.25) is 0 Å². The van der Waals surface area contributed by atoms with Crippen molar-refractivity contribution in [2.45, 2.75) is 26.3 Å². The van der Waals surface area contributed by atoms with Crippen molar-refractivity contribution in [3.8, 4) is 0 Å². The molecule has 0 fully saturated rings. The molecule has 0 spiro atoms. The second-order valence-electron chi connectivity index (χ2n) is 6.40. The Labute approximate surface area is 158 Å². The fourth-order valence-electron chi connectivity index (χ4n) is 2.77. The Balaban J connectivity index is 1.49. The molecule has 3 rings (SSSR count). The number of aryl methyl sites for hydroxylation is 2. The van der Waals surface area contributed by atoms with E-state index in [-0.39, 0.29) is 17.6 Å². The number of nitrogens with one attached hydrogen (secondary N) is 2. The molecule has 0 unspecified atom stereocenters. The van der Waals surface area contributed by atoms with Crippen molar-refractivity contribution in [3.05, 3.63) is 89.4 Å². The maximum atomic E-state index is 12.1. The summed E-state index contributed by atoms with van der Waals surface area (Å²) in [7, 11) is 0. The highest BCUT2D eigenvalue weighted by Crippen LogP contribution is 2.13. The van der Waals surface area contributed by atoms with Crippen molar-refractivity contribution in [2.24, 2.45) is 0 Å². The van der Waals surface area contributed by atoms with E-state index in [0.717, 1.165) is 11.1 Å². The smallest absolute Gasteiger partial charge is 0.291 e. The minimum absolute atomic E-state index is 0.00142. The number of hydrogen-bond donors (Lipinski definition) is 2. The summed E-state index contributed by atoms with van der Waals surface area (Å²) >= 11 is 0. The van der Waals surface area contributed by atoms with Gasteiger partial charge in [-0.05, 0) is 48.7 Å². The predicted molar refractivity (Wildman–Crippen MR) is 104 cm³/mol. The maximum absolute atomic E-state index is 12.1. The average molecular weight is 362 g/mol. The van der Waals surface area contributed by atoms with Gasteiger partial charge in [-0.1, -0.05) is 42.0 Å². The molecule has 0 aliphatic carbocycles. The molecule has 27 heavy (non-hydrogen) atoms. The molecule has 2 aromatic carbocycles. The van der Waals surface area contributed by atoms with Crippen molar-refractivity contribution >= 4 is 17.5 Å². The zero-order chi connectivity index (χ0) is 19.1. The Kier molecular flexibility index (Phi) is 6.05. The number of furan rings is 1. The molecule has 1 aromatic heterocycles. The lowest BCUT2D eigenvalue weighted by Gasteiger charge is -2.08. The molecule has 2 N–H and O–H groups in total. The van der Waals surface area contributed by atoms with Gasteiger partial charge in [-0.2, -0.15) is 0 Å². The van der Waals surface area contributed by atoms with Crippen molar-refractivity contribution in [1.82, 2.24) is 5.32 Å². The normalized spacial score (nSPS) is 10.4. The molecule has 2 amide bonds. The summed E-state index contributed by atoms with van der Waals surface area (Å²) in [6.45, 7) is 2.46. The first kappa shape index (κ1) is 18.5. The van der Waals surface area contributed by atoms with Crippen LogP contribution in [0.3, 0.4) is 0 Å². The number of hydrogen-bond acceptors (Lipinski definition) is 3. The van der Waals surface area contributed by atoms with Crippen LogP contribution >= 0.6 is 0 Å². The van der Waals surface area contributed by atoms with Gasteiger partial charge in [0.1, 0.15) is 0 Å². The molecule has 0 aliphatic heterocycles. The molecule has 0 saturated carbocycles. The Morgan fingerprint density at radius 3 is 2.56 bits per heavy atom. The average Bonchev–Trinajstić information content (AvgIpc) is 3.20. The lowest BCUT2D eigenvalue weighted by Crippen LogP contribution is -2.23. The molecule has 0 radical (unpaired) electrons. The molecule has 5 heteroatoms. The quantitative estimate of drug-likeness (QED) is 0.665. The van der Waals surface area contributed by atoms with Crippen molar-refractivity contribution in [3.63, 3.8) is 0 Å². The van der Waals surface area contributed by atoms with Crippen LogP contribution in [0.4, 0.5) is 5.69 Å². The number of anilines is 1. The molecular weight excluding hydrogens is 340 g/mol. The lowest BCUT2D eigenvalue weighted by molar-refractivity contribution is -0.121. The molecular formula is C22H22N2O3. The van der Waals surface area contributed by atoms with Gasteiger partial charge in [0.05, 0.1) is 6.26 Å². The first-order valence-corrected chi connectivity index (χ1v) is 8.86. The summed E-state index contributed by atoms with van der Waals surface area (Å²) in [5, 5.41) is 5.70. The zero-order valence-corrected chi connectivity index (χ0v) is 15.2. The number of benzene rings is 2. The van der Waals surface area contributed by atoms with Gasteiger partial charge in [0.25, 0.3) is 5.91 Å². The van der Waals surface area contributed by atoms with Gasteiger partial charge in [-0.3, -0.25) is 9.59 Å². The highest BCUT2D eigenvalue weighted by Gasteiger charge is 2.09. The zero-order valence-electron chi connectivity index (χ0n) is 15.2. The summed E-state index contributed by atoms with van der Waals surface area (Å²) in [5.74, 6) is -0.0503. The SMILES string of the molecule is Cc1cccc(CCC(=O)NCc2cccc(NC(=O)c3ccco3)c2)c1. The van der Waals surface area contributed by atoms with E-state index in [1.807, 2.05) is 43.3 Å². The summed E-state index contributed by atoms with van der Waals surface area (Å²) in [5.41, 5.74) is 3.92. The Bertz CT molecular complexity index is 917. The van der Waals surface area contributed by atoms with Gasteiger partial charge in [-0.15, -0.1) is 0 Å². The van der Waals surface area contributed by atoms with Crippen LogP contribution in [0, 0.1) is 6.92 Å². The first-order valence-electron chi connectivity index (χ1n) is 8.86. The van der Waals surface area contributed by atoms with E-state index < -0.39 is 0 Å². The number of carbonyl (C=O) groups is 2. The second kappa shape index (κ2) is 8.85. The monoisotopic (exact) mass is 362 g/mol. The third-order valence-electron chi connectivity index (χ3n) is 4.14. The Morgan fingerprint density at radius 2 is 1.78 bits per heavy atom. The molecule has 0 bridgehead atoms. The van der Waals surface area contributed by atoms with E-state index in [0.29, 0.717) is 25.1 Å². The highest BCUT2D eigenvalue weighted by molar-refractivity contribution is 6.02. The van der Waals surface area contributed by atoms with Crippen molar-refractivity contribution in [2.75, 3.05) is 5.32 Å². The van der Waals surface area contributed by atoms with Gasteiger partial charge in [0.15, 0.2) is 5.76 Å². The van der Waals surface area contributed by atoms with E-state index in [9.17, 15) is 9.59 Å². The molecule has 0 atom stereocenters. The van der Waals surface area contributed by atoms with Crippen LogP contribution in [0.15, 0.2) is 71.3 Å². The van der Waals surface area contributed by atoms with E-state index >= 15 is 0 Å². The van der Waals surface area contributed by atoms with Crippen LogP contribution in [-0.2, 0) is 17.8 Å². The van der Waals surface area contributed by atoms with E-state index in [1.54, 1.807) is 18.2 Å². The summed E-state index contributed by atoms with van der Waals surface area (Å²) in [6, 6.07) is 18.8. The third kappa shape index (κ3) is 5.57. The Morgan fingerprint density at radius 1 is 0.963 bits per heavy atom. The Hall–Kier alpha value is -3.34. The van der Waals surface area contributed by atoms with Crippen LogP contribution in [0.25, 0.3) is 0 Å². The number of rotatable bonds is 7. The van der Waals surface area contributed by atoms with Crippen molar-refractivity contribution in [1.29, 1.82) is 0 Å².